The van der Waals surface area contributed by atoms with Crippen LogP contribution in [0.1, 0.15) is 16.7 Å². The Morgan fingerprint density at radius 3 is 2.55 bits per heavy atom. The predicted octanol–water partition coefficient (Wildman–Crippen LogP) is 5.02. The van der Waals surface area contributed by atoms with Gasteiger partial charge in [0.15, 0.2) is 11.5 Å². The summed E-state index contributed by atoms with van der Waals surface area (Å²) in [7, 11) is 1.57. The number of methoxy groups -OCH3 is 1. The maximum absolute atomic E-state index is 11.9. The monoisotopic (exact) mass is 493 g/mol. The maximum Gasteiger partial charge on any atom is 0.263 e. The minimum absolute atomic E-state index is 0.195. The number of carbonyl (C=O) groups is 1. The molecule has 2 aromatic rings. The van der Waals surface area contributed by atoms with Crippen molar-refractivity contribution in [3.8, 4) is 17.2 Å². The van der Waals surface area contributed by atoms with Crippen LogP contribution in [0.15, 0.2) is 39.7 Å². The third-order valence-electron chi connectivity index (χ3n) is 4.27. The molecular weight excluding hydrogens is 474 g/mol. The molecule has 3 rings (SSSR count). The summed E-state index contributed by atoms with van der Waals surface area (Å²) < 4.78 is 18.3. The number of hydrogen-bond acceptors (Lipinski definition) is 6. The number of amides is 1. The predicted molar refractivity (Wildman–Crippen MR) is 124 cm³/mol. The van der Waals surface area contributed by atoms with Crippen molar-refractivity contribution in [2.75, 3.05) is 20.3 Å². The summed E-state index contributed by atoms with van der Waals surface area (Å²) in [5, 5.41) is 2.60. The Labute approximate surface area is 187 Å². The van der Waals surface area contributed by atoms with Crippen LogP contribution >= 0.6 is 39.9 Å². The molecule has 0 unspecified atom stereocenters. The van der Waals surface area contributed by atoms with Gasteiger partial charge in [0.05, 0.1) is 16.5 Å². The van der Waals surface area contributed by atoms with Crippen LogP contribution in [0, 0.1) is 13.8 Å². The fourth-order valence-electron chi connectivity index (χ4n) is 2.64. The van der Waals surface area contributed by atoms with Gasteiger partial charge >= 0.3 is 0 Å². The van der Waals surface area contributed by atoms with Gasteiger partial charge in [-0.05, 0) is 76.8 Å². The molecule has 2 aromatic carbocycles. The fourth-order valence-corrected chi connectivity index (χ4v) is 4.26. The summed E-state index contributed by atoms with van der Waals surface area (Å²) in [6, 6.07) is 9.67. The zero-order valence-electron chi connectivity index (χ0n) is 16.2. The highest BCUT2D eigenvalue weighted by Gasteiger charge is 2.22. The normalized spacial score (nSPS) is 14.8. The van der Waals surface area contributed by atoms with Gasteiger partial charge in [-0.3, -0.25) is 4.79 Å². The van der Waals surface area contributed by atoms with Gasteiger partial charge in [0.2, 0.25) is 0 Å². The van der Waals surface area contributed by atoms with Gasteiger partial charge in [-0.25, -0.2) is 0 Å². The molecule has 1 heterocycles. The topological polar surface area (TPSA) is 56.8 Å². The fraction of sp³-hybridized carbons (Fsp3) is 0.238. The number of rotatable bonds is 7. The molecule has 29 heavy (non-hydrogen) atoms. The van der Waals surface area contributed by atoms with Crippen LogP contribution in [0.3, 0.4) is 0 Å². The number of nitrogens with one attached hydrogen (secondary N) is 1. The van der Waals surface area contributed by atoms with Gasteiger partial charge in [-0.15, -0.1) is 0 Å². The highest BCUT2D eigenvalue weighted by Crippen LogP contribution is 2.38. The minimum Gasteiger partial charge on any atom is -0.493 e. The van der Waals surface area contributed by atoms with Gasteiger partial charge in [0.1, 0.15) is 23.3 Å². The second kappa shape index (κ2) is 9.65. The van der Waals surface area contributed by atoms with E-state index in [1.54, 1.807) is 13.2 Å². The zero-order chi connectivity index (χ0) is 21.0. The van der Waals surface area contributed by atoms with Crippen LogP contribution in [0.25, 0.3) is 6.08 Å². The Bertz CT molecular complexity index is 991. The third kappa shape index (κ3) is 5.52. The quantitative estimate of drug-likeness (QED) is 0.332. The van der Waals surface area contributed by atoms with E-state index in [0.717, 1.165) is 15.8 Å². The number of hydrogen-bond donors (Lipinski definition) is 1. The number of thioether (sulfide) groups is 1. The lowest BCUT2D eigenvalue weighted by atomic mass is 10.1. The maximum atomic E-state index is 11.9. The van der Waals surface area contributed by atoms with Gasteiger partial charge in [-0.1, -0.05) is 30.0 Å². The molecule has 0 aromatic heterocycles. The zero-order valence-corrected chi connectivity index (χ0v) is 19.4. The van der Waals surface area contributed by atoms with E-state index >= 15 is 0 Å². The van der Waals surface area contributed by atoms with E-state index in [4.69, 9.17) is 26.4 Å². The standard InChI is InChI=1S/C21H20BrNO4S2/c1-12-4-5-15(8-13(12)2)26-6-7-27-19-16(22)9-14(10-17(19)25-3)11-18-20(24)23-21(28)29-18/h4-5,8-11H,6-7H2,1-3H3,(H,23,24,28)/b18-11-. The van der Waals surface area contributed by atoms with E-state index in [9.17, 15) is 4.79 Å². The molecule has 1 N–H and O–H groups in total. The Balaban J connectivity index is 1.66. The first-order valence-corrected chi connectivity index (χ1v) is 10.8. The van der Waals surface area contributed by atoms with Crippen molar-refractivity contribution in [3.05, 3.63) is 56.4 Å². The van der Waals surface area contributed by atoms with E-state index in [0.29, 0.717) is 33.9 Å². The highest BCUT2D eigenvalue weighted by atomic mass is 79.9. The highest BCUT2D eigenvalue weighted by molar-refractivity contribution is 9.10. The Kier molecular flexibility index (Phi) is 7.21. The van der Waals surface area contributed by atoms with Gasteiger partial charge < -0.3 is 19.5 Å². The van der Waals surface area contributed by atoms with Crippen molar-refractivity contribution < 1.29 is 19.0 Å². The van der Waals surface area contributed by atoms with E-state index in [1.807, 2.05) is 30.3 Å². The average molecular weight is 494 g/mol. The molecule has 0 bridgehead atoms. The minimum atomic E-state index is -0.195. The molecule has 1 saturated heterocycles. The summed E-state index contributed by atoms with van der Waals surface area (Å²) >= 11 is 9.77. The first-order chi connectivity index (χ1) is 13.9. The van der Waals surface area contributed by atoms with Crippen molar-refractivity contribution in [3.63, 3.8) is 0 Å². The number of ether oxygens (including phenoxy) is 3. The lowest BCUT2D eigenvalue weighted by Crippen LogP contribution is -2.17. The Morgan fingerprint density at radius 1 is 1.14 bits per heavy atom. The molecule has 0 radical (unpaired) electrons. The van der Waals surface area contributed by atoms with Crippen LogP contribution in [0.2, 0.25) is 0 Å². The van der Waals surface area contributed by atoms with Crippen LogP contribution in [-0.4, -0.2) is 30.6 Å². The van der Waals surface area contributed by atoms with Crippen LogP contribution in [0.5, 0.6) is 17.2 Å². The summed E-state index contributed by atoms with van der Waals surface area (Å²) in [5.74, 6) is 1.76. The summed E-state index contributed by atoms with van der Waals surface area (Å²) in [6.07, 6.45) is 1.76. The molecule has 0 spiro atoms. The second-order valence-corrected chi connectivity index (χ2v) is 8.90. The third-order valence-corrected chi connectivity index (χ3v) is 6.02. The lowest BCUT2D eigenvalue weighted by molar-refractivity contribution is -0.115. The number of thiocarbonyl (C=S) groups is 1. The Morgan fingerprint density at radius 2 is 1.90 bits per heavy atom. The number of carbonyl (C=O) groups excluding carboxylic acids is 1. The largest absolute Gasteiger partial charge is 0.493 e. The van der Waals surface area contributed by atoms with Crippen molar-refractivity contribution in [2.45, 2.75) is 13.8 Å². The number of benzene rings is 2. The van der Waals surface area contributed by atoms with Gasteiger partial charge in [-0.2, -0.15) is 0 Å². The van der Waals surface area contributed by atoms with E-state index in [-0.39, 0.29) is 5.91 Å². The lowest BCUT2D eigenvalue weighted by Gasteiger charge is -2.14. The van der Waals surface area contributed by atoms with E-state index < -0.39 is 0 Å². The smallest absolute Gasteiger partial charge is 0.263 e. The van der Waals surface area contributed by atoms with Crippen LogP contribution < -0.4 is 19.5 Å². The Hall–Kier alpha value is -2.03. The van der Waals surface area contributed by atoms with Crippen molar-refractivity contribution >= 4 is 56.2 Å². The molecule has 5 nitrogen and oxygen atoms in total. The molecule has 1 aliphatic heterocycles. The average Bonchev–Trinajstić information content (AvgIpc) is 2.99. The molecule has 0 atom stereocenters. The molecule has 1 fully saturated rings. The van der Waals surface area contributed by atoms with Crippen molar-refractivity contribution in [1.82, 2.24) is 5.32 Å². The molecule has 152 valence electrons. The number of aryl methyl sites for hydroxylation is 2. The van der Waals surface area contributed by atoms with Crippen LogP contribution in [-0.2, 0) is 4.79 Å². The summed E-state index contributed by atoms with van der Waals surface area (Å²) in [4.78, 5) is 12.4. The molecule has 0 aliphatic carbocycles. The van der Waals surface area contributed by atoms with E-state index in [1.165, 1.54) is 22.9 Å². The molecule has 0 saturated carbocycles. The molecular formula is C21H20BrNO4S2. The second-order valence-electron chi connectivity index (χ2n) is 6.33. The number of halogens is 1. The van der Waals surface area contributed by atoms with Gasteiger partial charge in [0, 0.05) is 0 Å². The van der Waals surface area contributed by atoms with Gasteiger partial charge in [0.25, 0.3) is 5.91 Å². The van der Waals surface area contributed by atoms with Crippen molar-refractivity contribution in [1.29, 1.82) is 0 Å². The SMILES string of the molecule is COc1cc(/C=C2\SC(=S)NC2=O)cc(Br)c1OCCOc1ccc(C)c(C)c1. The first kappa shape index (κ1) is 21.7. The molecule has 1 amide bonds. The van der Waals surface area contributed by atoms with Crippen LogP contribution in [0.4, 0.5) is 0 Å². The summed E-state index contributed by atoms with van der Waals surface area (Å²) in [5.41, 5.74) is 3.22. The first-order valence-electron chi connectivity index (χ1n) is 8.82. The summed E-state index contributed by atoms with van der Waals surface area (Å²) in [6.45, 7) is 4.88. The molecule has 1 aliphatic rings. The molecule has 8 heteroatoms. The van der Waals surface area contributed by atoms with E-state index in [2.05, 4.69) is 35.1 Å². The van der Waals surface area contributed by atoms with Crippen molar-refractivity contribution in [2.24, 2.45) is 0 Å².